The molecule has 24 nitrogen and oxygen atoms in total. The van der Waals surface area contributed by atoms with Crippen LogP contribution in [0.25, 0.3) is 0 Å². The van der Waals surface area contributed by atoms with Gasteiger partial charge in [0, 0.05) is 73.8 Å². The maximum atomic E-state index is 15.7. The zero-order valence-corrected chi connectivity index (χ0v) is 61.8. The molecule has 0 aromatic rings. The van der Waals surface area contributed by atoms with Gasteiger partial charge in [-0.05, 0) is 152 Å². The van der Waals surface area contributed by atoms with Crippen LogP contribution in [0.3, 0.4) is 0 Å². The van der Waals surface area contributed by atoms with E-state index >= 15 is 28.8 Å². The number of piperidine rings is 1. The van der Waals surface area contributed by atoms with Gasteiger partial charge in [0.1, 0.15) is 59.9 Å². The maximum absolute atomic E-state index is 15.7. The molecule has 0 aromatic heterocycles. The second kappa shape index (κ2) is 34.3. The van der Waals surface area contributed by atoms with Crippen LogP contribution in [0.2, 0.25) is 0 Å². The first-order valence-electron chi connectivity index (χ1n) is 37.3. The van der Waals surface area contributed by atoms with Crippen molar-refractivity contribution in [1.82, 2.24) is 60.0 Å². The molecule has 562 valence electrons. The third-order valence-corrected chi connectivity index (χ3v) is 24.5. The normalized spacial score (nSPS) is 31.8. The maximum Gasteiger partial charge on any atom is 0.393 e. The van der Waals surface area contributed by atoms with E-state index in [0.717, 1.165) is 32.1 Å². The van der Waals surface area contributed by atoms with Crippen LogP contribution in [0.1, 0.15) is 202 Å². The Morgan fingerprint density at radius 2 is 1.19 bits per heavy atom. The minimum Gasteiger partial charge on any atom is -0.343 e. The van der Waals surface area contributed by atoms with E-state index in [4.69, 9.17) is 11.6 Å². The van der Waals surface area contributed by atoms with Crippen molar-refractivity contribution in [2.75, 3.05) is 75.0 Å². The van der Waals surface area contributed by atoms with Crippen molar-refractivity contribution in [2.45, 2.75) is 273 Å². The average Bonchev–Trinajstić information content (AvgIpc) is 1.35. The topological polar surface area (TPSA) is 270 Å². The molecule has 100 heavy (non-hydrogen) atoms. The van der Waals surface area contributed by atoms with Crippen LogP contribution in [0.5, 0.6) is 0 Å². The first kappa shape index (κ1) is 79.4. The van der Waals surface area contributed by atoms with Crippen LogP contribution in [0, 0.1) is 35.5 Å². The molecule has 0 radical (unpaired) electrons. The van der Waals surface area contributed by atoms with Crippen molar-refractivity contribution >= 4 is 82.5 Å². The lowest BCUT2D eigenvalue weighted by Gasteiger charge is -2.45. The van der Waals surface area contributed by atoms with Crippen molar-refractivity contribution in [3.05, 3.63) is 0 Å². The fourth-order valence-corrected chi connectivity index (χ4v) is 17.8. The van der Waals surface area contributed by atoms with E-state index in [9.17, 15) is 41.9 Å². The van der Waals surface area contributed by atoms with Crippen LogP contribution in [-0.2, 0) is 57.5 Å². The fraction of sp³-hybridized carbons (Fsp3) is 0.833. The summed E-state index contributed by atoms with van der Waals surface area (Å²) in [5.41, 5.74) is -1.54. The van der Waals surface area contributed by atoms with Gasteiger partial charge >= 0.3 is 6.18 Å². The number of halogens is 4. The second-order valence-corrected chi connectivity index (χ2v) is 31.6. The van der Waals surface area contributed by atoms with Gasteiger partial charge in [-0.3, -0.25) is 57.5 Å². The van der Waals surface area contributed by atoms with Gasteiger partial charge in [-0.25, -0.2) is 0 Å². The van der Waals surface area contributed by atoms with E-state index in [0.29, 0.717) is 77.3 Å². The second-order valence-electron chi connectivity index (χ2n) is 31.1. The molecule has 3 N–H and O–H groups in total. The number of nitrogens with zero attached hydrogens (tertiary/aromatic N) is 9. The molecule has 3 unspecified atom stereocenters. The lowest BCUT2D eigenvalue weighted by Crippen LogP contribution is -2.65. The zero-order chi connectivity index (χ0) is 73.4. The molecule has 4 saturated carbocycles. The van der Waals surface area contributed by atoms with Gasteiger partial charge in [0.15, 0.2) is 0 Å². The molecule has 4 aliphatic carbocycles. The van der Waals surface area contributed by atoms with E-state index < -0.39 is 167 Å². The van der Waals surface area contributed by atoms with Crippen molar-refractivity contribution in [2.24, 2.45) is 35.5 Å². The van der Waals surface area contributed by atoms with Gasteiger partial charge in [-0.15, -0.1) is 11.6 Å². The van der Waals surface area contributed by atoms with E-state index in [2.05, 4.69) is 16.0 Å². The van der Waals surface area contributed by atoms with E-state index in [1.54, 1.807) is 11.8 Å². The van der Waals surface area contributed by atoms with E-state index in [1.165, 1.54) is 88.4 Å². The lowest BCUT2D eigenvalue weighted by atomic mass is 9.78. The molecule has 12 amide bonds. The molecule has 4 saturated heterocycles. The van der Waals surface area contributed by atoms with E-state index in [1.807, 2.05) is 20.8 Å². The third-order valence-electron chi connectivity index (χ3n) is 24.0. The fourth-order valence-electron chi connectivity index (χ4n) is 17.3. The van der Waals surface area contributed by atoms with Gasteiger partial charge in [0.25, 0.3) is 0 Å². The highest BCUT2D eigenvalue weighted by Crippen LogP contribution is 2.44. The summed E-state index contributed by atoms with van der Waals surface area (Å²) in [7, 11) is 8.81. The molecule has 8 rings (SSSR count). The summed E-state index contributed by atoms with van der Waals surface area (Å²) < 4.78 is 42.0. The highest BCUT2D eigenvalue weighted by atomic mass is 35.5. The van der Waals surface area contributed by atoms with E-state index in [-0.39, 0.29) is 101 Å². The number of carbonyl (C=O) groups is 12. The number of alkyl halides is 4. The van der Waals surface area contributed by atoms with Crippen LogP contribution in [-0.4, -0.2) is 261 Å². The molecule has 0 aromatic carbocycles. The number of hydrogen-bond donors (Lipinski definition) is 3. The number of likely N-dealkylation sites (tertiary alicyclic amines) is 1. The summed E-state index contributed by atoms with van der Waals surface area (Å²) in [5, 5.41) is 7.68. The predicted molar refractivity (Wildman–Crippen MR) is 368 cm³/mol. The Kier molecular flexibility index (Phi) is 27.3. The minimum absolute atomic E-state index is 0.00512. The first-order valence-corrected chi connectivity index (χ1v) is 37.8. The summed E-state index contributed by atoms with van der Waals surface area (Å²) in [6.07, 6.45) is 5.46. The lowest BCUT2D eigenvalue weighted by molar-refractivity contribution is -0.182. The van der Waals surface area contributed by atoms with Crippen LogP contribution in [0.15, 0.2) is 0 Å². The molecule has 4 heterocycles. The molecule has 0 bridgehead atoms. The molecule has 13 atom stereocenters. The number of carbonyl (C=O) groups excluding carboxylic acids is 12. The van der Waals surface area contributed by atoms with Crippen molar-refractivity contribution in [3.8, 4) is 0 Å². The summed E-state index contributed by atoms with van der Waals surface area (Å²) in [5.74, 6) is -10.6. The summed E-state index contributed by atoms with van der Waals surface area (Å²) >= 11 is 6.41. The summed E-state index contributed by atoms with van der Waals surface area (Å²) in [4.78, 5) is 193. The molecular formula is C72H114ClF3N12O12. The number of nitrogens with one attached hydrogen (secondary N) is 3. The highest BCUT2D eigenvalue weighted by Gasteiger charge is 2.53. The Bertz CT molecular complexity index is 2970. The SMILES string of the molecule is CC[C@H](C)[C@@H]1NC(=O)[C@H](CC(C)C)N(C)C(=O)C[C@@H](C(=O)N2CCCCC2)N(C)C(=O)[C@H](C2CCCC2)N(C)C(=O)C2(CCCC2)NC(=O)[C@@H]2CCCN2C(=O)[C@H](CCC2CCC(C(F)(F)F)C(Cl)C2)NC(=O)CN(C)C(=O)[C@H](C2CCCC2)N(C)C(=O)[C@@H]2CCN2C(=O)[C@H](C)N(C)C1=O. The minimum atomic E-state index is -4.50. The molecule has 8 aliphatic rings. The Hall–Kier alpha value is -6.28. The third kappa shape index (κ3) is 18.0. The van der Waals surface area contributed by atoms with Crippen LogP contribution in [0.4, 0.5) is 13.2 Å². The summed E-state index contributed by atoms with van der Waals surface area (Å²) in [6.45, 7) is 9.36. The number of amides is 12. The first-order chi connectivity index (χ1) is 47.2. The number of rotatable bonds is 10. The number of fused-ring (bicyclic) bond motifs is 2. The van der Waals surface area contributed by atoms with Gasteiger partial charge in [0.05, 0.1) is 18.9 Å². The van der Waals surface area contributed by atoms with Gasteiger partial charge < -0.3 is 60.0 Å². The monoisotopic (exact) mass is 1430 g/mol. The molecular weight excluding hydrogens is 1320 g/mol. The standard InChI is InChI=1S/C72H114ClF3N12O12/c1-12-44(4)58-67(97)81(7)45(5)63(93)88-38-32-53(88)65(95)84(10)59(47-23-14-15-24-47)68(98)80(6)42-56(89)77-51(31-29-46-28-30-49(50(73)40-46)72(74,75)76)64(94)87-37-22-27-52(87)62(92)79-71(33-18-19-34-71)70(100)85(11)60(48-25-16-17-26-48)69(99)83(9)55(66(96)86-35-20-13-21-36-86)41-57(90)82(8)54(39-43(2)3)61(91)78-58/h43-55,58-60H,12-42H2,1-11H3,(H,77,89)(H,78,91)(H,79,92)/t44-,45-,46?,49?,50?,51-,52-,53-,54-,55-,58-,59-,60-/m0/s1. The Morgan fingerprint density at radius 3 is 1.75 bits per heavy atom. The molecule has 28 heteroatoms. The van der Waals surface area contributed by atoms with Crippen molar-refractivity contribution < 1.29 is 70.7 Å². The van der Waals surface area contributed by atoms with Gasteiger partial charge in [-0.2, -0.15) is 13.2 Å². The highest BCUT2D eigenvalue weighted by molar-refractivity contribution is 6.21. The van der Waals surface area contributed by atoms with Gasteiger partial charge in [0.2, 0.25) is 70.9 Å². The smallest absolute Gasteiger partial charge is 0.343 e. The molecule has 4 aliphatic heterocycles. The Labute approximate surface area is 594 Å². The predicted octanol–water partition coefficient (Wildman–Crippen LogP) is 5.85. The van der Waals surface area contributed by atoms with Crippen LogP contribution < -0.4 is 16.0 Å². The Morgan fingerprint density at radius 1 is 0.590 bits per heavy atom. The van der Waals surface area contributed by atoms with Crippen LogP contribution >= 0.6 is 11.6 Å². The number of hydrogen-bond acceptors (Lipinski definition) is 12. The molecule has 8 fully saturated rings. The quantitative estimate of drug-likeness (QED) is 0.218. The summed E-state index contributed by atoms with van der Waals surface area (Å²) in [6, 6.07) is -10.6. The largest absolute Gasteiger partial charge is 0.393 e. The van der Waals surface area contributed by atoms with Crippen molar-refractivity contribution in [3.63, 3.8) is 0 Å². The number of likely N-dealkylation sites (N-methyl/N-ethyl adjacent to an activating group) is 6. The Balaban J connectivity index is 1.16. The average molecular weight is 1430 g/mol. The molecule has 1 spiro atoms. The zero-order valence-electron chi connectivity index (χ0n) is 61.1. The van der Waals surface area contributed by atoms with Crippen molar-refractivity contribution in [1.29, 1.82) is 0 Å². The van der Waals surface area contributed by atoms with Gasteiger partial charge in [-0.1, -0.05) is 72.6 Å².